The van der Waals surface area contributed by atoms with Gasteiger partial charge in [-0.25, -0.2) is 8.42 Å². The number of rotatable bonds is 4. The first kappa shape index (κ1) is 14.4. The monoisotopic (exact) mass is 262 g/mol. The van der Waals surface area contributed by atoms with Crippen LogP contribution < -0.4 is 10.6 Å². The Labute approximate surface area is 103 Å². The van der Waals surface area contributed by atoms with Gasteiger partial charge in [-0.05, 0) is 33.2 Å². The van der Waals surface area contributed by atoms with E-state index in [0.717, 1.165) is 19.4 Å². The van der Waals surface area contributed by atoms with Gasteiger partial charge in [-0.2, -0.15) is 0 Å². The zero-order chi connectivity index (χ0) is 13.1. The molecule has 0 spiro atoms. The van der Waals surface area contributed by atoms with Crippen LogP contribution >= 0.6 is 0 Å². The number of piperidine rings is 1. The quantitative estimate of drug-likeness (QED) is 0.743. The van der Waals surface area contributed by atoms with Crippen LogP contribution in [-0.4, -0.2) is 45.0 Å². The van der Waals surface area contributed by atoms with Crippen molar-refractivity contribution in [3.8, 4) is 0 Å². The molecule has 17 heavy (non-hydrogen) atoms. The summed E-state index contributed by atoms with van der Waals surface area (Å²) in [5, 5.41) is 5.91. The molecule has 0 radical (unpaired) electrons. The van der Waals surface area contributed by atoms with Crippen molar-refractivity contribution in [3.05, 3.63) is 0 Å². The average molecular weight is 262 g/mol. The van der Waals surface area contributed by atoms with Gasteiger partial charge in [-0.15, -0.1) is 0 Å². The molecule has 1 aliphatic rings. The van der Waals surface area contributed by atoms with E-state index in [4.69, 9.17) is 0 Å². The van der Waals surface area contributed by atoms with E-state index in [0.29, 0.717) is 6.54 Å². The predicted octanol–water partition coefficient (Wildman–Crippen LogP) is -0.0746. The molecule has 0 aliphatic carbocycles. The maximum atomic E-state index is 11.8. The van der Waals surface area contributed by atoms with Gasteiger partial charge in [0.05, 0.1) is 10.7 Å². The van der Waals surface area contributed by atoms with Crippen molar-refractivity contribution in [3.63, 3.8) is 0 Å². The summed E-state index contributed by atoms with van der Waals surface area (Å²) >= 11 is 0. The Morgan fingerprint density at radius 2 is 2.12 bits per heavy atom. The Kier molecular flexibility index (Phi) is 4.55. The van der Waals surface area contributed by atoms with E-state index in [-0.39, 0.29) is 18.4 Å². The highest BCUT2D eigenvalue weighted by molar-refractivity contribution is 7.92. The summed E-state index contributed by atoms with van der Waals surface area (Å²) in [5.41, 5.74) is 0. The number of carbonyl (C=O) groups excluding carboxylic acids is 1. The van der Waals surface area contributed by atoms with Crippen molar-refractivity contribution in [1.82, 2.24) is 10.6 Å². The van der Waals surface area contributed by atoms with Crippen molar-refractivity contribution in [1.29, 1.82) is 0 Å². The number of sulfone groups is 1. The minimum Gasteiger partial charge on any atom is -0.354 e. The topological polar surface area (TPSA) is 75.3 Å². The number of nitrogens with one attached hydrogen (secondary N) is 2. The van der Waals surface area contributed by atoms with Gasteiger partial charge >= 0.3 is 0 Å². The molecule has 1 amide bonds. The van der Waals surface area contributed by atoms with Crippen LogP contribution in [0.5, 0.6) is 0 Å². The first-order valence-electron chi connectivity index (χ1n) is 5.92. The van der Waals surface area contributed by atoms with Crippen LogP contribution in [0.15, 0.2) is 0 Å². The highest BCUT2D eigenvalue weighted by Crippen LogP contribution is 2.15. The lowest BCUT2D eigenvalue weighted by atomic mass is 9.98. The minimum atomic E-state index is -3.16. The number of amides is 1. The van der Waals surface area contributed by atoms with Gasteiger partial charge in [0, 0.05) is 19.3 Å². The van der Waals surface area contributed by atoms with Gasteiger partial charge in [0.1, 0.15) is 0 Å². The fourth-order valence-corrected chi connectivity index (χ4v) is 1.99. The molecule has 0 aromatic heterocycles. The second kappa shape index (κ2) is 5.35. The van der Waals surface area contributed by atoms with E-state index >= 15 is 0 Å². The van der Waals surface area contributed by atoms with Crippen LogP contribution in [0.3, 0.4) is 0 Å². The Hall–Kier alpha value is -0.620. The molecule has 1 atom stereocenters. The van der Waals surface area contributed by atoms with Gasteiger partial charge in [-0.3, -0.25) is 4.79 Å². The minimum absolute atomic E-state index is 0.0286. The lowest BCUT2D eigenvalue weighted by Gasteiger charge is -2.26. The van der Waals surface area contributed by atoms with E-state index in [1.54, 1.807) is 13.8 Å². The highest BCUT2D eigenvalue weighted by atomic mass is 32.2. The number of carbonyl (C=O) groups is 1. The molecule has 6 heteroatoms. The molecule has 0 aromatic rings. The normalized spacial score (nSPS) is 22.2. The van der Waals surface area contributed by atoms with Crippen LogP contribution in [0.1, 0.15) is 26.7 Å². The van der Waals surface area contributed by atoms with Crippen molar-refractivity contribution in [2.45, 2.75) is 31.4 Å². The molecular formula is C11H22N2O3S. The summed E-state index contributed by atoms with van der Waals surface area (Å²) in [6, 6.07) is 0. The molecule has 100 valence electrons. The van der Waals surface area contributed by atoms with Gasteiger partial charge in [0.2, 0.25) is 5.91 Å². The smallest absolute Gasteiger partial charge is 0.224 e. The van der Waals surface area contributed by atoms with Gasteiger partial charge in [-0.1, -0.05) is 0 Å². The lowest BCUT2D eigenvalue weighted by Crippen LogP contribution is -2.47. The van der Waals surface area contributed by atoms with Crippen molar-refractivity contribution in [2.75, 3.05) is 25.9 Å². The first-order chi connectivity index (χ1) is 7.74. The zero-order valence-electron chi connectivity index (χ0n) is 10.7. The molecule has 5 nitrogen and oxygen atoms in total. The molecule has 0 aromatic carbocycles. The van der Waals surface area contributed by atoms with Gasteiger partial charge < -0.3 is 10.6 Å². The van der Waals surface area contributed by atoms with Crippen molar-refractivity contribution >= 4 is 15.7 Å². The lowest BCUT2D eigenvalue weighted by molar-refractivity contribution is -0.125. The second-order valence-corrected chi connectivity index (χ2v) is 7.94. The maximum Gasteiger partial charge on any atom is 0.224 e. The van der Waals surface area contributed by atoms with Crippen LogP contribution in [-0.2, 0) is 14.6 Å². The Balaban J connectivity index is 2.47. The molecule has 1 fully saturated rings. The fraction of sp³-hybridized carbons (Fsp3) is 0.909. The van der Waals surface area contributed by atoms with Crippen molar-refractivity contribution in [2.24, 2.45) is 5.92 Å². The third-order valence-electron chi connectivity index (χ3n) is 3.36. The molecular weight excluding hydrogens is 240 g/mol. The van der Waals surface area contributed by atoms with Crippen LogP contribution in [0.2, 0.25) is 0 Å². The molecule has 2 N–H and O–H groups in total. The van der Waals surface area contributed by atoms with Crippen molar-refractivity contribution < 1.29 is 13.2 Å². The SMILES string of the molecule is CC(C)(CNC(=O)[C@@H]1CCCNC1)S(C)(=O)=O. The standard InChI is InChI=1S/C11H22N2O3S/c1-11(2,17(3,15)16)8-13-10(14)9-5-4-6-12-7-9/h9,12H,4-8H2,1-3H3,(H,13,14)/t9-/m1/s1. The van der Waals surface area contributed by atoms with Crippen LogP contribution in [0, 0.1) is 5.92 Å². The Morgan fingerprint density at radius 1 is 1.47 bits per heavy atom. The first-order valence-corrected chi connectivity index (χ1v) is 7.81. The molecule has 0 saturated carbocycles. The summed E-state index contributed by atoms with van der Waals surface area (Å²) < 4.78 is 22.0. The fourth-order valence-electron chi connectivity index (χ4n) is 1.65. The van der Waals surface area contributed by atoms with Gasteiger partial charge in [0.25, 0.3) is 0 Å². The average Bonchev–Trinajstić information content (AvgIpc) is 2.25. The Morgan fingerprint density at radius 3 is 2.59 bits per heavy atom. The maximum absolute atomic E-state index is 11.8. The van der Waals surface area contributed by atoms with E-state index < -0.39 is 14.6 Å². The molecule has 1 rings (SSSR count). The summed E-state index contributed by atoms with van der Waals surface area (Å²) in [5.74, 6) is -0.0759. The third-order valence-corrected chi connectivity index (χ3v) is 5.51. The largest absolute Gasteiger partial charge is 0.354 e. The van der Waals surface area contributed by atoms with Gasteiger partial charge in [0.15, 0.2) is 9.84 Å². The third kappa shape index (κ3) is 3.96. The van der Waals surface area contributed by atoms with E-state index in [9.17, 15) is 13.2 Å². The van der Waals surface area contributed by atoms with E-state index in [1.807, 2.05) is 0 Å². The Bertz CT molecular complexity index is 370. The summed E-state index contributed by atoms with van der Waals surface area (Å²) in [4.78, 5) is 11.8. The highest BCUT2D eigenvalue weighted by Gasteiger charge is 2.31. The number of hydrogen-bond acceptors (Lipinski definition) is 4. The number of hydrogen-bond donors (Lipinski definition) is 2. The second-order valence-electron chi connectivity index (χ2n) is 5.29. The molecule has 1 heterocycles. The van der Waals surface area contributed by atoms with E-state index in [2.05, 4.69) is 10.6 Å². The predicted molar refractivity (Wildman–Crippen MR) is 67.5 cm³/mol. The molecule has 1 aliphatic heterocycles. The summed E-state index contributed by atoms with van der Waals surface area (Å²) in [7, 11) is -3.16. The summed E-state index contributed by atoms with van der Waals surface area (Å²) in [6.07, 6.45) is 3.06. The van der Waals surface area contributed by atoms with E-state index in [1.165, 1.54) is 6.26 Å². The molecule has 0 unspecified atom stereocenters. The van der Waals surface area contributed by atoms with Crippen LogP contribution in [0.25, 0.3) is 0 Å². The molecule has 0 bridgehead atoms. The summed E-state index contributed by atoms with van der Waals surface area (Å²) in [6.45, 7) is 5.06. The van der Waals surface area contributed by atoms with Crippen LogP contribution in [0.4, 0.5) is 0 Å². The molecule has 1 saturated heterocycles. The zero-order valence-corrected chi connectivity index (χ0v) is 11.6.